The van der Waals surface area contributed by atoms with Crippen LogP contribution in [0.5, 0.6) is 0 Å². The summed E-state index contributed by atoms with van der Waals surface area (Å²) < 4.78 is 36.0. The molecule has 3 rings (SSSR count). The zero-order valence-electron chi connectivity index (χ0n) is 13.3. The van der Waals surface area contributed by atoms with E-state index in [4.69, 9.17) is 15.1 Å². The van der Waals surface area contributed by atoms with Crippen molar-refractivity contribution in [3.8, 4) is 0 Å². The molecule has 2 saturated heterocycles. The van der Waals surface area contributed by atoms with Crippen molar-refractivity contribution in [2.75, 3.05) is 18.9 Å². The lowest BCUT2D eigenvalue weighted by atomic mass is 10.0. The van der Waals surface area contributed by atoms with Gasteiger partial charge in [0.1, 0.15) is 6.04 Å². The van der Waals surface area contributed by atoms with Crippen molar-refractivity contribution in [1.82, 2.24) is 35.7 Å². The molecule has 0 saturated carbocycles. The third kappa shape index (κ3) is 3.82. The first kappa shape index (κ1) is 18.2. The van der Waals surface area contributed by atoms with Gasteiger partial charge in [-0.05, 0) is 23.3 Å². The molecule has 0 aromatic carbocycles. The molecule has 2 unspecified atom stereocenters. The number of nitrogen functional groups attached to an aromatic ring is 1. The van der Waals surface area contributed by atoms with Crippen molar-refractivity contribution >= 4 is 28.3 Å². The molecule has 3 heterocycles. The first-order chi connectivity index (χ1) is 12.3. The molecule has 2 aliphatic heterocycles. The fourth-order valence-corrected chi connectivity index (χ4v) is 3.19. The molecule has 2 aliphatic rings. The lowest BCUT2D eigenvalue weighted by molar-refractivity contribution is -0.139. The maximum Gasteiger partial charge on any atom is 0.418 e. The predicted octanol–water partition coefficient (Wildman–Crippen LogP) is -2.69. The summed E-state index contributed by atoms with van der Waals surface area (Å²) in [5.74, 6) is -0.477. The summed E-state index contributed by atoms with van der Waals surface area (Å²) in [6, 6.07) is -2.25. The van der Waals surface area contributed by atoms with Crippen LogP contribution in [0.3, 0.4) is 0 Å². The van der Waals surface area contributed by atoms with Crippen LogP contribution in [0.1, 0.15) is 12.8 Å². The summed E-state index contributed by atoms with van der Waals surface area (Å²) in [4.78, 5) is 30.6. The highest BCUT2D eigenvalue weighted by Crippen LogP contribution is 2.30. The van der Waals surface area contributed by atoms with E-state index in [1.165, 1.54) is 4.68 Å². The number of urea groups is 1. The minimum absolute atomic E-state index is 0.0300. The van der Waals surface area contributed by atoms with Crippen LogP contribution in [0, 0.1) is 0 Å². The predicted molar refractivity (Wildman–Crippen MR) is 79.7 cm³/mol. The number of nitrogens with zero attached hydrogens (tertiary/aromatic N) is 6. The lowest BCUT2D eigenvalue weighted by Crippen LogP contribution is -2.49. The summed E-state index contributed by atoms with van der Waals surface area (Å²) in [5.41, 5.74) is 7.69. The molecule has 0 radical (unpaired) electrons. The van der Waals surface area contributed by atoms with Crippen LogP contribution in [-0.4, -0.2) is 80.3 Å². The van der Waals surface area contributed by atoms with Crippen LogP contribution in [0.25, 0.3) is 0 Å². The Morgan fingerprint density at radius 2 is 2.19 bits per heavy atom. The summed E-state index contributed by atoms with van der Waals surface area (Å²) in [6.45, 7) is 0.320. The van der Waals surface area contributed by atoms with E-state index in [1.807, 2.05) is 0 Å². The molecule has 15 nitrogen and oxygen atoms in total. The Labute approximate surface area is 146 Å². The number of aromatic nitrogens is 4. The number of amides is 3. The number of nitrogens with two attached hydrogens (primary N) is 1. The molecule has 26 heavy (non-hydrogen) atoms. The van der Waals surface area contributed by atoms with Crippen LogP contribution in [0.4, 0.5) is 10.7 Å². The zero-order chi connectivity index (χ0) is 18.9. The molecule has 1 aromatic heterocycles. The largest absolute Gasteiger partial charge is 0.418 e. The molecule has 1 aromatic rings. The average molecular weight is 392 g/mol. The van der Waals surface area contributed by atoms with Crippen molar-refractivity contribution in [2.45, 2.75) is 31.5 Å². The van der Waals surface area contributed by atoms with Crippen LogP contribution < -0.4 is 11.2 Å². The molecule has 0 spiro atoms. The summed E-state index contributed by atoms with van der Waals surface area (Å²) in [5, 5.41) is 11.0. The van der Waals surface area contributed by atoms with Gasteiger partial charge in [-0.3, -0.25) is 14.2 Å². The van der Waals surface area contributed by atoms with Gasteiger partial charge in [-0.1, -0.05) is 5.10 Å². The van der Waals surface area contributed by atoms with E-state index in [1.54, 1.807) is 0 Å². The Kier molecular flexibility index (Phi) is 4.90. The van der Waals surface area contributed by atoms with Gasteiger partial charge in [-0.25, -0.2) is 15.0 Å². The number of piperidine rings is 1. The van der Waals surface area contributed by atoms with Crippen LogP contribution >= 0.6 is 0 Å². The Balaban J connectivity index is 1.51. The SMILES string of the molecule is Nc1nnnn1CCONC(=O)C1CCC2CN1C(=O)N2OS(=O)(=O)O. The van der Waals surface area contributed by atoms with Gasteiger partial charge in [0.15, 0.2) is 0 Å². The number of fused-ring (bicyclic) bond motifs is 2. The maximum atomic E-state index is 12.2. The Morgan fingerprint density at radius 1 is 1.42 bits per heavy atom. The summed E-state index contributed by atoms with van der Waals surface area (Å²) in [7, 11) is -4.83. The van der Waals surface area contributed by atoms with E-state index >= 15 is 0 Å². The molecule has 2 atom stereocenters. The zero-order valence-corrected chi connectivity index (χ0v) is 14.1. The topological polar surface area (TPSA) is 195 Å². The number of hydroxylamine groups is 3. The van der Waals surface area contributed by atoms with Gasteiger partial charge in [0.2, 0.25) is 5.95 Å². The molecular formula is C10H16N8O7S. The minimum Gasteiger partial charge on any atom is -0.367 e. The van der Waals surface area contributed by atoms with E-state index in [2.05, 4.69) is 25.3 Å². The van der Waals surface area contributed by atoms with Gasteiger partial charge in [0.25, 0.3) is 5.91 Å². The fraction of sp³-hybridized carbons (Fsp3) is 0.700. The second-order valence-electron chi connectivity index (χ2n) is 5.58. The van der Waals surface area contributed by atoms with Crippen molar-refractivity contribution < 1.29 is 31.7 Å². The minimum atomic E-state index is -4.83. The first-order valence-electron chi connectivity index (χ1n) is 7.46. The Bertz CT molecular complexity index is 797. The first-order valence-corrected chi connectivity index (χ1v) is 8.83. The number of nitrogens with one attached hydrogen (secondary N) is 1. The van der Waals surface area contributed by atoms with E-state index in [0.717, 1.165) is 4.90 Å². The smallest absolute Gasteiger partial charge is 0.367 e. The number of hydrogen-bond acceptors (Lipinski definition) is 10. The third-order valence-corrected chi connectivity index (χ3v) is 4.29. The summed E-state index contributed by atoms with van der Waals surface area (Å²) >= 11 is 0. The van der Waals surface area contributed by atoms with Gasteiger partial charge < -0.3 is 10.6 Å². The Hall–Kier alpha value is -2.56. The summed E-state index contributed by atoms with van der Waals surface area (Å²) in [6.07, 6.45) is 0.591. The molecule has 2 fully saturated rings. The van der Waals surface area contributed by atoms with Gasteiger partial charge in [-0.2, -0.15) is 13.5 Å². The quantitative estimate of drug-likeness (QED) is 0.248. The molecule has 2 bridgehead atoms. The van der Waals surface area contributed by atoms with E-state index in [9.17, 15) is 18.0 Å². The second kappa shape index (κ2) is 6.98. The van der Waals surface area contributed by atoms with E-state index in [-0.39, 0.29) is 32.1 Å². The van der Waals surface area contributed by atoms with Gasteiger partial charge >= 0.3 is 16.4 Å². The standard InChI is InChI=1S/C10H16N8O7S/c11-9-12-14-15-17(9)3-4-24-13-8(19)7-2-1-6-5-16(7)10(20)18(6)25-26(21,22)23/h6-7H,1-5H2,(H,13,19)(H2,11,12,15)(H,21,22,23). The van der Waals surface area contributed by atoms with Crippen LogP contribution in [0.2, 0.25) is 0 Å². The van der Waals surface area contributed by atoms with Crippen molar-refractivity contribution in [2.24, 2.45) is 0 Å². The van der Waals surface area contributed by atoms with Crippen molar-refractivity contribution in [3.63, 3.8) is 0 Å². The van der Waals surface area contributed by atoms with Crippen molar-refractivity contribution in [1.29, 1.82) is 0 Å². The number of anilines is 1. The van der Waals surface area contributed by atoms with Gasteiger partial charge in [0.05, 0.1) is 19.2 Å². The molecule has 16 heteroatoms. The fourth-order valence-electron chi connectivity index (χ4n) is 2.80. The normalized spacial score (nSPS) is 22.7. The highest BCUT2D eigenvalue weighted by atomic mass is 32.3. The highest BCUT2D eigenvalue weighted by molar-refractivity contribution is 7.80. The number of carbonyl (C=O) groups is 2. The van der Waals surface area contributed by atoms with Crippen LogP contribution in [-0.2, 0) is 30.9 Å². The maximum absolute atomic E-state index is 12.2. The number of hydrogen-bond donors (Lipinski definition) is 3. The second-order valence-corrected chi connectivity index (χ2v) is 6.59. The number of carbonyl (C=O) groups excluding carboxylic acids is 2. The molecule has 0 aliphatic carbocycles. The highest BCUT2D eigenvalue weighted by Gasteiger charge is 2.49. The third-order valence-electron chi connectivity index (χ3n) is 3.94. The molecule has 3 amide bonds. The molecule has 4 N–H and O–H groups in total. The molecule has 144 valence electrons. The van der Waals surface area contributed by atoms with Crippen molar-refractivity contribution in [3.05, 3.63) is 0 Å². The monoisotopic (exact) mass is 392 g/mol. The average Bonchev–Trinajstić information content (AvgIpc) is 3.08. The van der Waals surface area contributed by atoms with E-state index < -0.39 is 34.4 Å². The Morgan fingerprint density at radius 3 is 2.85 bits per heavy atom. The van der Waals surface area contributed by atoms with Crippen LogP contribution in [0.15, 0.2) is 0 Å². The lowest BCUT2D eigenvalue weighted by Gasteiger charge is -2.28. The van der Waals surface area contributed by atoms with E-state index in [0.29, 0.717) is 11.5 Å². The number of tetrazole rings is 1. The number of rotatable bonds is 7. The van der Waals surface area contributed by atoms with Gasteiger partial charge in [-0.15, -0.1) is 4.28 Å². The van der Waals surface area contributed by atoms with Gasteiger partial charge in [0, 0.05) is 6.54 Å². The molecular weight excluding hydrogens is 376 g/mol.